The summed E-state index contributed by atoms with van der Waals surface area (Å²) in [6, 6.07) is 5.68. The maximum Gasteiger partial charge on any atom is 0.256 e. The third kappa shape index (κ3) is 3.24. The van der Waals surface area contributed by atoms with Crippen molar-refractivity contribution in [3.05, 3.63) is 51.2 Å². The number of anilines is 1. The summed E-state index contributed by atoms with van der Waals surface area (Å²) in [5.74, 6) is 1.45. The van der Waals surface area contributed by atoms with Crippen LogP contribution in [0, 0.1) is 20.8 Å². The van der Waals surface area contributed by atoms with Gasteiger partial charge in [0.2, 0.25) is 0 Å². The number of aryl methyl sites for hydroxylation is 3. The van der Waals surface area contributed by atoms with Gasteiger partial charge in [-0.2, -0.15) is 0 Å². The zero-order valence-corrected chi connectivity index (χ0v) is 13.1. The van der Waals surface area contributed by atoms with Crippen molar-refractivity contribution in [1.29, 1.82) is 0 Å². The lowest BCUT2D eigenvalue weighted by Crippen LogP contribution is -2.23. The fourth-order valence-electron chi connectivity index (χ4n) is 2.48. The van der Waals surface area contributed by atoms with Crippen molar-refractivity contribution in [3.63, 3.8) is 0 Å². The summed E-state index contributed by atoms with van der Waals surface area (Å²) in [4.78, 5) is 19.2. The second kappa shape index (κ2) is 5.99. The van der Waals surface area contributed by atoms with E-state index in [2.05, 4.69) is 15.3 Å². The molecular weight excluding hydrogens is 266 g/mol. The molecule has 0 fully saturated rings. The smallest absolute Gasteiger partial charge is 0.256 e. The fraction of sp³-hybridized carbons (Fsp3) is 0.375. The molecule has 2 aromatic rings. The predicted molar refractivity (Wildman–Crippen MR) is 84.1 cm³/mol. The Labute approximate surface area is 124 Å². The summed E-state index contributed by atoms with van der Waals surface area (Å²) in [7, 11) is 1.64. The fourth-order valence-corrected chi connectivity index (χ4v) is 2.48. The summed E-state index contributed by atoms with van der Waals surface area (Å²) in [5, 5.41) is 3.36. The first-order valence-corrected chi connectivity index (χ1v) is 6.91. The van der Waals surface area contributed by atoms with Gasteiger partial charge in [-0.05, 0) is 51.5 Å². The van der Waals surface area contributed by atoms with Gasteiger partial charge in [0.25, 0.3) is 5.56 Å². The molecule has 5 heteroatoms. The highest BCUT2D eigenvalue weighted by molar-refractivity contribution is 5.54. The molecule has 0 radical (unpaired) electrons. The minimum Gasteiger partial charge on any atom is -0.497 e. The average Bonchev–Trinajstić information content (AvgIpc) is 2.39. The maximum atomic E-state index is 12.1. The van der Waals surface area contributed by atoms with Crippen LogP contribution in [0.1, 0.15) is 35.6 Å². The topological polar surface area (TPSA) is 67.0 Å². The van der Waals surface area contributed by atoms with Gasteiger partial charge in [0.15, 0.2) is 0 Å². The number of aromatic nitrogens is 2. The van der Waals surface area contributed by atoms with E-state index in [-0.39, 0.29) is 11.6 Å². The maximum absolute atomic E-state index is 12.1. The van der Waals surface area contributed by atoms with Crippen molar-refractivity contribution in [3.8, 4) is 5.75 Å². The number of nitrogens with one attached hydrogen (secondary N) is 2. The third-order valence-corrected chi connectivity index (χ3v) is 3.50. The number of aromatic amines is 1. The standard InChI is InChI=1S/C16H21N3O2/c1-9-8-13(21-5)6-7-14(9)18-11(3)15-10(2)17-12(4)19-16(15)20/h6-8,11,18H,1-5H3,(H,17,19,20). The number of hydrogen-bond donors (Lipinski definition) is 2. The number of methoxy groups -OCH3 is 1. The first kappa shape index (κ1) is 15.1. The van der Waals surface area contributed by atoms with E-state index in [4.69, 9.17) is 4.74 Å². The van der Waals surface area contributed by atoms with Gasteiger partial charge in [-0.1, -0.05) is 0 Å². The van der Waals surface area contributed by atoms with Gasteiger partial charge in [-0.25, -0.2) is 4.98 Å². The van der Waals surface area contributed by atoms with Gasteiger partial charge in [0.1, 0.15) is 11.6 Å². The molecule has 0 spiro atoms. The van der Waals surface area contributed by atoms with E-state index in [1.165, 1.54) is 0 Å². The van der Waals surface area contributed by atoms with E-state index in [0.29, 0.717) is 11.4 Å². The van der Waals surface area contributed by atoms with Crippen LogP contribution in [0.3, 0.4) is 0 Å². The molecule has 1 aromatic heterocycles. The number of benzene rings is 1. The highest BCUT2D eigenvalue weighted by atomic mass is 16.5. The lowest BCUT2D eigenvalue weighted by molar-refractivity contribution is 0.414. The van der Waals surface area contributed by atoms with Gasteiger partial charge in [0, 0.05) is 5.69 Å². The number of nitrogens with zero attached hydrogens (tertiary/aromatic N) is 1. The molecular formula is C16H21N3O2. The molecule has 1 atom stereocenters. The normalized spacial score (nSPS) is 12.0. The van der Waals surface area contributed by atoms with Crippen LogP contribution in [0.25, 0.3) is 0 Å². The van der Waals surface area contributed by atoms with E-state index in [1.807, 2.05) is 39.0 Å². The minimum atomic E-state index is -0.131. The number of rotatable bonds is 4. The van der Waals surface area contributed by atoms with Gasteiger partial charge in [-0.3, -0.25) is 4.79 Å². The summed E-state index contributed by atoms with van der Waals surface area (Å²) in [6.07, 6.45) is 0. The van der Waals surface area contributed by atoms with E-state index >= 15 is 0 Å². The van der Waals surface area contributed by atoms with Gasteiger partial charge in [-0.15, -0.1) is 0 Å². The van der Waals surface area contributed by atoms with E-state index in [1.54, 1.807) is 14.0 Å². The van der Waals surface area contributed by atoms with Crippen molar-refractivity contribution in [1.82, 2.24) is 9.97 Å². The first-order chi connectivity index (χ1) is 9.92. The molecule has 2 N–H and O–H groups in total. The van der Waals surface area contributed by atoms with Crippen LogP contribution in [-0.4, -0.2) is 17.1 Å². The molecule has 2 rings (SSSR count). The summed E-state index contributed by atoms with van der Waals surface area (Å²) in [5.41, 5.74) is 3.36. The molecule has 0 aliphatic rings. The Balaban J connectivity index is 2.30. The van der Waals surface area contributed by atoms with Crippen molar-refractivity contribution in [2.45, 2.75) is 33.7 Å². The third-order valence-electron chi connectivity index (χ3n) is 3.50. The van der Waals surface area contributed by atoms with Crippen LogP contribution in [0.5, 0.6) is 5.75 Å². The second-order valence-electron chi connectivity index (χ2n) is 5.20. The Morgan fingerprint density at radius 1 is 1.29 bits per heavy atom. The van der Waals surface area contributed by atoms with Crippen LogP contribution >= 0.6 is 0 Å². The Morgan fingerprint density at radius 3 is 2.57 bits per heavy atom. The Kier molecular flexibility index (Phi) is 4.31. The Bertz CT molecular complexity index is 707. The molecule has 0 bridgehead atoms. The molecule has 5 nitrogen and oxygen atoms in total. The molecule has 0 saturated carbocycles. The van der Waals surface area contributed by atoms with Crippen LogP contribution in [0.2, 0.25) is 0 Å². The summed E-state index contributed by atoms with van der Waals surface area (Å²) >= 11 is 0. The SMILES string of the molecule is COc1ccc(NC(C)c2c(C)nc(C)[nH]c2=O)c(C)c1. The van der Waals surface area contributed by atoms with Crippen LogP contribution in [-0.2, 0) is 0 Å². The lowest BCUT2D eigenvalue weighted by Gasteiger charge is -2.18. The van der Waals surface area contributed by atoms with Crippen molar-refractivity contribution in [2.75, 3.05) is 12.4 Å². The molecule has 21 heavy (non-hydrogen) atoms. The Hall–Kier alpha value is -2.30. The molecule has 1 unspecified atom stereocenters. The average molecular weight is 287 g/mol. The molecule has 0 aliphatic heterocycles. The molecule has 0 saturated heterocycles. The molecule has 1 heterocycles. The van der Waals surface area contributed by atoms with Crippen LogP contribution in [0.15, 0.2) is 23.0 Å². The number of ether oxygens (including phenoxy) is 1. The van der Waals surface area contributed by atoms with Gasteiger partial charge in [0.05, 0.1) is 24.4 Å². The largest absolute Gasteiger partial charge is 0.497 e. The lowest BCUT2D eigenvalue weighted by atomic mass is 10.1. The zero-order chi connectivity index (χ0) is 15.6. The van der Waals surface area contributed by atoms with E-state index < -0.39 is 0 Å². The van der Waals surface area contributed by atoms with Crippen LogP contribution in [0.4, 0.5) is 5.69 Å². The van der Waals surface area contributed by atoms with Crippen molar-refractivity contribution >= 4 is 5.69 Å². The monoisotopic (exact) mass is 287 g/mol. The second-order valence-corrected chi connectivity index (χ2v) is 5.20. The first-order valence-electron chi connectivity index (χ1n) is 6.91. The Morgan fingerprint density at radius 2 is 2.00 bits per heavy atom. The quantitative estimate of drug-likeness (QED) is 0.907. The molecule has 0 aliphatic carbocycles. The zero-order valence-electron chi connectivity index (χ0n) is 13.1. The highest BCUT2D eigenvalue weighted by Crippen LogP contribution is 2.25. The number of hydrogen-bond acceptors (Lipinski definition) is 4. The van der Waals surface area contributed by atoms with E-state index in [9.17, 15) is 4.79 Å². The summed E-state index contributed by atoms with van der Waals surface area (Å²) in [6.45, 7) is 7.60. The molecule has 0 amide bonds. The predicted octanol–water partition coefficient (Wildman–Crippen LogP) is 2.88. The highest BCUT2D eigenvalue weighted by Gasteiger charge is 2.15. The number of H-pyrrole nitrogens is 1. The molecule has 1 aromatic carbocycles. The van der Waals surface area contributed by atoms with Gasteiger partial charge < -0.3 is 15.0 Å². The van der Waals surface area contributed by atoms with E-state index in [0.717, 1.165) is 22.7 Å². The summed E-state index contributed by atoms with van der Waals surface area (Å²) < 4.78 is 5.20. The van der Waals surface area contributed by atoms with Crippen molar-refractivity contribution < 1.29 is 4.74 Å². The van der Waals surface area contributed by atoms with Gasteiger partial charge >= 0.3 is 0 Å². The molecule has 112 valence electrons. The van der Waals surface area contributed by atoms with Crippen molar-refractivity contribution in [2.24, 2.45) is 0 Å². The minimum absolute atomic E-state index is 0.0915. The van der Waals surface area contributed by atoms with Crippen LogP contribution < -0.4 is 15.6 Å².